The molecule has 22 heavy (non-hydrogen) atoms. The summed E-state index contributed by atoms with van der Waals surface area (Å²) in [4.78, 5) is 16.8. The van der Waals surface area contributed by atoms with Crippen LogP contribution in [0.4, 0.5) is 0 Å². The van der Waals surface area contributed by atoms with Gasteiger partial charge in [0.1, 0.15) is 16.0 Å². The molecule has 0 spiro atoms. The fourth-order valence-corrected chi connectivity index (χ4v) is 4.54. The lowest BCUT2D eigenvalue weighted by Gasteiger charge is -2.18. The summed E-state index contributed by atoms with van der Waals surface area (Å²) in [5, 5.41) is 0.665. The minimum absolute atomic E-state index is 0.119. The van der Waals surface area contributed by atoms with Crippen LogP contribution in [0.5, 0.6) is 0 Å². The maximum absolute atomic E-state index is 12.2. The summed E-state index contributed by atoms with van der Waals surface area (Å²) in [6, 6.07) is 0. The van der Waals surface area contributed by atoms with E-state index in [9.17, 15) is 13.2 Å². The zero-order valence-corrected chi connectivity index (χ0v) is 15.5. The van der Waals surface area contributed by atoms with Crippen molar-refractivity contribution in [3.05, 3.63) is 15.6 Å². The molecular formula is C14H24N2O4S2. The van der Waals surface area contributed by atoms with Crippen molar-refractivity contribution in [2.75, 3.05) is 12.4 Å². The van der Waals surface area contributed by atoms with E-state index in [1.807, 2.05) is 13.8 Å². The highest BCUT2D eigenvalue weighted by molar-refractivity contribution is 7.90. The van der Waals surface area contributed by atoms with E-state index >= 15 is 0 Å². The van der Waals surface area contributed by atoms with Crippen LogP contribution in [0.2, 0.25) is 0 Å². The minimum atomic E-state index is -3.68. The second kappa shape index (κ2) is 7.06. The van der Waals surface area contributed by atoms with E-state index < -0.39 is 21.3 Å². The molecule has 0 fully saturated rings. The fourth-order valence-electron chi connectivity index (χ4n) is 1.92. The molecule has 1 aromatic rings. The minimum Gasteiger partial charge on any atom is -0.372 e. The van der Waals surface area contributed by atoms with E-state index in [4.69, 9.17) is 4.74 Å². The van der Waals surface area contributed by atoms with Crippen molar-refractivity contribution >= 4 is 27.3 Å². The Kier molecular flexibility index (Phi) is 6.11. The molecule has 0 bridgehead atoms. The Morgan fingerprint density at radius 3 is 2.50 bits per heavy atom. The van der Waals surface area contributed by atoms with Crippen molar-refractivity contribution in [2.24, 2.45) is 5.41 Å². The predicted molar refractivity (Wildman–Crippen MR) is 87.6 cm³/mol. The van der Waals surface area contributed by atoms with E-state index in [1.165, 1.54) is 0 Å². The maximum Gasteiger partial charge on any atom is 0.276 e. The van der Waals surface area contributed by atoms with Gasteiger partial charge in [0.25, 0.3) is 5.91 Å². The molecule has 0 unspecified atom stereocenters. The van der Waals surface area contributed by atoms with Gasteiger partial charge in [-0.05, 0) is 26.2 Å². The number of sulfonamides is 1. The number of aromatic nitrogens is 1. The zero-order valence-electron chi connectivity index (χ0n) is 13.9. The number of ether oxygens (including phenoxy) is 1. The maximum atomic E-state index is 12.2. The van der Waals surface area contributed by atoms with Gasteiger partial charge in [-0.15, -0.1) is 11.3 Å². The lowest BCUT2D eigenvalue weighted by molar-refractivity contribution is 0.0761. The SMILES string of the molecule is CCO[C@@H](C)c1nc(C)c(C(=O)NS(=O)(=O)CC(C)(C)C)s1. The van der Waals surface area contributed by atoms with Crippen LogP contribution in [0.25, 0.3) is 0 Å². The molecule has 8 heteroatoms. The van der Waals surface area contributed by atoms with Crippen LogP contribution in [0.1, 0.15) is 61.1 Å². The second-order valence-electron chi connectivity index (χ2n) is 6.32. The van der Waals surface area contributed by atoms with Crippen LogP contribution in [-0.4, -0.2) is 31.7 Å². The molecule has 0 aromatic carbocycles. The first-order chi connectivity index (χ1) is 9.95. The molecule has 0 radical (unpaired) electrons. The first-order valence-corrected chi connectivity index (χ1v) is 9.56. The van der Waals surface area contributed by atoms with Gasteiger partial charge < -0.3 is 4.74 Å². The summed E-state index contributed by atoms with van der Waals surface area (Å²) in [5.41, 5.74) is 0.0822. The molecule has 1 N–H and O–H groups in total. The van der Waals surface area contributed by atoms with Gasteiger partial charge in [-0.3, -0.25) is 4.79 Å². The Bertz CT molecular complexity index is 630. The second-order valence-corrected chi connectivity index (χ2v) is 9.07. The van der Waals surface area contributed by atoms with Gasteiger partial charge >= 0.3 is 0 Å². The number of aryl methyl sites for hydroxylation is 1. The van der Waals surface area contributed by atoms with E-state index in [2.05, 4.69) is 9.71 Å². The van der Waals surface area contributed by atoms with E-state index in [-0.39, 0.29) is 11.9 Å². The van der Waals surface area contributed by atoms with Crippen molar-refractivity contribution in [1.29, 1.82) is 0 Å². The number of rotatable bonds is 6. The first-order valence-electron chi connectivity index (χ1n) is 7.09. The van der Waals surface area contributed by atoms with Gasteiger partial charge in [-0.25, -0.2) is 18.1 Å². The van der Waals surface area contributed by atoms with Gasteiger partial charge in [-0.1, -0.05) is 20.8 Å². The summed E-state index contributed by atoms with van der Waals surface area (Å²) in [6.45, 7) is 11.4. The zero-order chi connectivity index (χ0) is 17.1. The van der Waals surface area contributed by atoms with Crippen molar-refractivity contribution < 1.29 is 17.9 Å². The number of carbonyl (C=O) groups is 1. The highest BCUT2D eigenvalue weighted by Gasteiger charge is 2.26. The molecule has 0 saturated carbocycles. The Hall–Kier alpha value is -0.990. The van der Waals surface area contributed by atoms with Crippen molar-refractivity contribution in [3.63, 3.8) is 0 Å². The largest absolute Gasteiger partial charge is 0.372 e. The van der Waals surface area contributed by atoms with E-state index in [0.29, 0.717) is 22.2 Å². The average molecular weight is 348 g/mol. The van der Waals surface area contributed by atoms with Crippen LogP contribution >= 0.6 is 11.3 Å². The number of amides is 1. The van der Waals surface area contributed by atoms with Crippen molar-refractivity contribution in [3.8, 4) is 0 Å². The molecule has 0 saturated heterocycles. The molecular weight excluding hydrogens is 324 g/mol. The molecule has 0 aliphatic rings. The summed E-state index contributed by atoms with van der Waals surface area (Å²) in [7, 11) is -3.68. The first kappa shape index (κ1) is 19.1. The summed E-state index contributed by atoms with van der Waals surface area (Å²) >= 11 is 1.16. The topological polar surface area (TPSA) is 85.4 Å². The Morgan fingerprint density at radius 1 is 1.41 bits per heavy atom. The highest BCUT2D eigenvalue weighted by atomic mass is 32.2. The number of nitrogens with one attached hydrogen (secondary N) is 1. The number of thiazole rings is 1. The molecule has 1 aromatic heterocycles. The molecule has 1 rings (SSSR count). The number of nitrogens with zero attached hydrogens (tertiary/aromatic N) is 1. The number of hydrogen-bond acceptors (Lipinski definition) is 6. The van der Waals surface area contributed by atoms with Gasteiger partial charge in [0.2, 0.25) is 10.0 Å². The Balaban J connectivity index is 2.91. The summed E-state index contributed by atoms with van der Waals surface area (Å²) in [5.74, 6) is -0.750. The fraction of sp³-hybridized carbons (Fsp3) is 0.714. The number of carbonyl (C=O) groups excluding carboxylic acids is 1. The molecule has 126 valence electrons. The van der Waals surface area contributed by atoms with Crippen molar-refractivity contribution in [1.82, 2.24) is 9.71 Å². The predicted octanol–water partition coefficient (Wildman–Crippen LogP) is 2.65. The molecule has 1 heterocycles. The summed E-state index contributed by atoms with van der Waals surface area (Å²) < 4.78 is 31.6. The third kappa shape index (κ3) is 5.66. The lowest BCUT2D eigenvalue weighted by Crippen LogP contribution is -2.36. The lowest BCUT2D eigenvalue weighted by atomic mass is 10.0. The third-order valence-corrected chi connectivity index (χ3v) is 5.71. The van der Waals surface area contributed by atoms with Gasteiger partial charge in [0.15, 0.2) is 0 Å². The van der Waals surface area contributed by atoms with Crippen LogP contribution in [0.15, 0.2) is 0 Å². The normalized spacial score (nSPS) is 13.9. The summed E-state index contributed by atoms with van der Waals surface area (Å²) in [6.07, 6.45) is -0.221. The molecule has 1 amide bonds. The molecule has 0 aliphatic heterocycles. The van der Waals surface area contributed by atoms with Crippen LogP contribution < -0.4 is 4.72 Å². The van der Waals surface area contributed by atoms with Gasteiger partial charge in [0, 0.05) is 6.61 Å². The quantitative estimate of drug-likeness (QED) is 0.854. The Labute approximate surface area is 136 Å². The molecule has 6 nitrogen and oxygen atoms in total. The Morgan fingerprint density at radius 2 is 2.00 bits per heavy atom. The number of hydrogen-bond donors (Lipinski definition) is 1. The average Bonchev–Trinajstić information content (AvgIpc) is 2.67. The van der Waals surface area contributed by atoms with E-state index in [1.54, 1.807) is 27.7 Å². The standard InChI is InChI=1S/C14H24N2O4S2/c1-7-20-10(3)13-15-9(2)11(21-13)12(17)16-22(18,19)8-14(4,5)6/h10H,7-8H2,1-6H3,(H,16,17)/t10-/m0/s1. The molecule has 0 aliphatic carbocycles. The third-order valence-electron chi connectivity index (χ3n) is 2.66. The highest BCUT2D eigenvalue weighted by Crippen LogP contribution is 2.26. The monoisotopic (exact) mass is 348 g/mol. The van der Waals surface area contributed by atoms with Crippen LogP contribution in [0.3, 0.4) is 0 Å². The van der Waals surface area contributed by atoms with Gasteiger partial charge in [0.05, 0.1) is 11.4 Å². The van der Waals surface area contributed by atoms with Crippen LogP contribution in [-0.2, 0) is 14.8 Å². The van der Waals surface area contributed by atoms with Gasteiger partial charge in [-0.2, -0.15) is 0 Å². The smallest absolute Gasteiger partial charge is 0.276 e. The van der Waals surface area contributed by atoms with E-state index in [0.717, 1.165) is 11.3 Å². The van der Waals surface area contributed by atoms with Crippen LogP contribution in [0, 0.1) is 12.3 Å². The molecule has 1 atom stereocenters. The van der Waals surface area contributed by atoms with Crippen molar-refractivity contribution in [2.45, 2.75) is 47.6 Å².